The molecule has 4 aromatic rings. The van der Waals surface area contributed by atoms with Gasteiger partial charge in [0.05, 0.1) is 22.9 Å². The first kappa shape index (κ1) is 14.3. The number of imidazole rings is 1. The van der Waals surface area contributed by atoms with Gasteiger partial charge in [0.25, 0.3) is 5.91 Å². The summed E-state index contributed by atoms with van der Waals surface area (Å²) in [5, 5.41) is 3.10. The number of fused-ring (bicyclic) bond motifs is 1. The van der Waals surface area contributed by atoms with E-state index in [-0.39, 0.29) is 11.6 Å². The van der Waals surface area contributed by atoms with Gasteiger partial charge in [0.1, 0.15) is 11.5 Å². The number of carbonyl (C=O) groups is 1. The molecular formula is C15H10ClN7O. The molecule has 4 heterocycles. The minimum atomic E-state index is -0.379. The Morgan fingerprint density at radius 2 is 2.17 bits per heavy atom. The zero-order valence-electron chi connectivity index (χ0n) is 12.1. The van der Waals surface area contributed by atoms with Crippen LogP contribution in [0.25, 0.3) is 17.0 Å². The van der Waals surface area contributed by atoms with Gasteiger partial charge in [-0.2, -0.15) is 0 Å². The molecule has 0 saturated carbocycles. The van der Waals surface area contributed by atoms with Crippen molar-refractivity contribution in [3.05, 3.63) is 60.2 Å². The molecule has 0 unspecified atom stereocenters. The van der Waals surface area contributed by atoms with Crippen molar-refractivity contribution in [2.24, 2.45) is 0 Å². The predicted octanol–water partition coefficient (Wildman–Crippen LogP) is 2.44. The SMILES string of the molecule is O=C(Nc1ccc(Cl)nc1)c1nc(-n2ccnc2)nc2cc[nH]c12. The summed E-state index contributed by atoms with van der Waals surface area (Å²) in [6.07, 6.45) is 8.07. The summed E-state index contributed by atoms with van der Waals surface area (Å²) in [7, 11) is 0. The second-order valence-corrected chi connectivity index (χ2v) is 5.29. The third-order valence-corrected chi connectivity index (χ3v) is 3.55. The Labute approximate surface area is 140 Å². The van der Waals surface area contributed by atoms with Crippen LogP contribution in [0.15, 0.2) is 49.3 Å². The van der Waals surface area contributed by atoms with Gasteiger partial charge in [-0.05, 0) is 18.2 Å². The Bertz CT molecular complexity index is 1010. The van der Waals surface area contributed by atoms with E-state index in [1.165, 1.54) is 6.20 Å². The number of nitrogens with one attached hydrogen (secondary N) is 2. The molecule has 0 aliphatic rings. The number of aromatic amines is 1. The zero-order chi connectivity index (χ0) is 16.5. The summed E-state index contributed by atoms with van der Waals surface area (Å²) in [5.41, 5.74) is 1.93. The molecule has 9 heteroatoms. The van der Waals surface area contributed by atoms with Crippen molar-refractivity contribution in [1.29, 1.82) is 0 Å². The van der Waals surface area contributed by atoms with Gasteiger partial charge in [-0.1, -0.05) is 11.6 Å². The van der Waals surface area contributed by atoms with Crippen LogP contribution in [0, 0.1) is 0 Å². The fraction of sp³-hybridized carbons (Fsp3) is 0. The van der Waals surface area contributed by atoms with Crippen molar-refractivity contribution in [3.8, 4) is 5.95 Å². The summed E-state index contributed by atoms with van der Waals surface area (Å²) >= 11 is 5.75. The maximum absolute atomic E-state index is 12.6. The smallest absolute Gasteiger partial charge is 0.276 e. The monoisotopic (exact) mass is 339 g/mol. The van der Waals surface area contributed by atoms with Gasteiger partial charge in [-0.3, -0.25) is 9.36 Å². The van der Waals surface area contributed by atoms with E-state index in [4.69, 9.17) is 11.6 Å². The van der Waals surface area contributed by atoms with Crippen molar-refractivity contribution in [2.75, 3.05) is 5.32 Å². The van der Waals surface area contributed by atoms with Crippen molar-refractivity contribution in [1.82, 2.24) is 29.5 Å². The Kier molecular flexibility index (Phi) is 3.43. The van der Waals surface area contributed by atoms with Crippen LogP contribution in [0.1, 0.15) is 10.5 Å². The topological polar surface area (TPSA) is 101 Å². The lowest BCUT2D eigenvalue weighted by Gasteiger charge is -2.07. The minimum absolute atomic E-state index is 0.226. The van der Waals surface area contributed by atoms with Crippen molar-refractivity contribution >= 4 is 34.2 Å². The molecule has 4 rings (SSSR count). The number of aromatic nitrogens is 6. The molecule has 0 radical (unpaired) electrons. The van der Waals surface area contributed by atoms with Crippen LogP contribution in [0.2, 0.25) is 5.15 Å². The number of hydrogen-bond donors (Lipinski definition) is 2. The average molecular weight is 340 g/mol. The van der Waals surface area contributed by atoms with E-state index in [1.807, 2.05) is 0 Å². The van der Waals surface area contributed by atoms with Gasteiger partial charge >= 0.3 is 0 Å². The summed E-state index contributed by atoms with van der Waals surface area (Å²) < 4.78 is 1.63. The minimum Gasteiger partial charge on any atom is -0.358 e. The molecule has 8 nitrogen and oxygen atoms in total. The Morgan fingerprint density at radius 1 is 1.25 bits per heavy atom. The first-order valence-electron chi connectivity index (χ1n) is 6.97. The Balaban J connectivity index is 1.75. The highest BCUT2D eigenvalue weighted by Gasteiger charge is 2.17. The normalized spacial score (nSPS) is 10.9. The number of rotatable bonds is 3. The van der Waals surface area contributed by atoms with Crippen LogP contribution in [-0.4, -0.2) is 35.4 Å². The average Bonchev–Trinajstić information content (AvgIpc) is 3.27. The second-order valence-electron chi connectivity index (χ2n) is 4.90. The summed E-state index contributed by atoms with van der Waals surface area (Å²) in [5.74, 6) is -0.0191. The van der Waals surface area contributed by atoms with Crippen molar-refractivity contribution in [2.45, 2.75) is 0 Å². The molecule has 2 N–H and O–H groups in total. The molecule has 118 valence electrons. The standard InChI is InChI=1S/C15H10ClN7O/c16-11-2-1-9(7-19-11)20-14(24)13-12-10(3-4-18-12)21-15(22-13)23-6-5-17-8-23/h1-8,18H,(H,20,24). The summed E-state index contributed by atoms with van der Waals surface area (Å²) in [6, 6.07) is 5.04. The van der Waals surface area contributed by atoms with E-state index >= 15 is 0 Å². The van der Waals surface area contributed by atoms with Gasteiger partial charge in [-0.25, -0.2) is 19.9 Å². The molecule has 0 aliphatic heterocycles. The first-order valence-corrected chi connectivity index (χ1v) is 7.35. The molecule has 0 spiro atoms. The molecule has 4 aromatic heterocycles. The number of carbonyl (C=O) groups excluding carboxylic acids is 1. The highest BCUT2D eigenvalue weighted by Crippen LogP contribution is 2.18. The second kappa shape index (κ2) is 5.74. The van der Waals surface area contributed by atoms with Crippen molar-refractivity contribution < 1.29 is 4.79 Å². The maximum atomic E-state index is 12.6. The van der Waals surface area contributed by atoms with Crippen LogP contribution in [0.4, 0.5) is 5.69 Å². The summed E-state index contributed by atoms with van der Waals surface area (Å²) in [6.45, 7) is 0. The number of anilines is 1. The number of H-pyrrole nitrogens is 1. The van der Waals surface area contributed by atoms with Crippen LogP contribution >= 0.6 is 11.6 Å². The third-order valence-electron chi connectivity index (χ3n) is 3.33. The zero-order valence-corrected chi connectivity index (χ0v) is 12.9. The highest BCUT2D eigenvalue weighted by molar-refractivity contribution is 6.29. The maximum Gasteiger partial charge on any atom is 0.276 e. The first-order chi connectivity index (χ1) is 11.7. The van der Waals surface area contributed by atoms with Crippen LogP contribution in [0.3, 0.4) is 0 Å². The summed E-state index contributed by atoms with van der Waals surface area (Å²) in [4.78, 5) is 32.3. The van der Waals surface area contributed by atoms with Gasteiger partial charge in [0.2, 0.25) is 5.95 Å². The quantitative estimate of drug-likeness (QED) is 0.558. The molecule has 0 saturated heterocycles. The van der Waals surface area contributed by atoms with Crippen LogP contribution in [-0.2, 0) is 0 Å². The van der Waals surface area contributed by atoms with E-state index in [0.717, 1.165) is 0 Å². The van der Waals surface area contributed by atoms with Gasteiger partial charge in [0, 0.05) is 18.6 Å². The van der Waals surface area contributed by atoms with Gasteiger partial charge < -0.3 is 10.3 Å². The molecule has 0 atom stereocenters. The molecule has 0 aromatic carbocycles. The van der Waals surface area contributed by atoms with E-state index in [2.05, 4.69) is 30.2 Å². The molecule has 0 bridgehead atoms. The fourth-order valence-corrected chi connectivity index (χ4v) is 2.34. The lowest BCUT2D eigenvalue weighted by atomic mass is 10.3. The van der Waals surface area contributed by atoms with Crippen LogP contribution < -0.4 is 5.32 Å². The van der Waals surface area contributed by atoms with Gasteiger partial charge in [-0.15, -0.1) is 0 Å². The van der Waals surface area contributed by atoms with E-state index in [9.17, 15) is 4.79 Å². The van der Waals surface area contributed by atoms with E-state index < -0.39 is 0 Å². The van der Waals surface area contributed by atoms with Crippen LogP contribution in [0.5, 0.6) is 0 Å². The fourth-order valence-electron chi connectivity index (χ4n) is 2.23. The number of pyridine rings is 1. The highest BCUT2D eigenvalue weighted by atomic mass is 35.5. The lowest BCUT2D eigenvalue weighted by Crippen LogP contribution is -2.16. The van der Waals surface area contributed by atoms with Crippen molar-refractivity contribution in [3.63, 3.8) is 0 Å². The number of hydrogen-bond acceptors (Lipinski definition) is 5. The number of halogens is 1. The largest absolute Gasteiger partial charge is 0.358 e. The van der Waals surface area contributed by atoms with Gasteiger partial charge in [0.15, 0.2) is 5.69 Å². The Morgan fingerprint density at radius 3 is 2.92 bits per heavy atom. The molecule has 0 fully saturated rings. The number of amides is 1. The van der Waals surface area contributed by atoms with E-state index in [1.54, 1.807) is 47.7 Å². The Hall–Kier alpha value is -3.26. The lowest BCUT2D eigenvalue weighted by molar-refractivity contribution is 0.102. The van der Waals surface area contributed by atoms with E-state index in [0.29, 0.717) is 27.8 Å². The molecular weight excluding hydrogens is 330 g/mol. The molecule has 24 heavy (non-hydrogen) atoms. The predicted molar refractivity (Wildman–Crippen MR) is 88.2 cm³/mol. The third kappa shape index (κ3) is 2.59. The molecule has 0 aliphatic carbocycles. The molecule has 1 amide bonds. The number of nitrogens with zero attached hydrogens (tertiary/aromatic N) is 5.